The van der Waals surface area contributed by atoms with Gasteiger partial charge in [-0.3, -0.25) is 14.7 Å². The number of carbonyl (C=O) groups excluding carboxylic acids is 2. The van der Waals surface area contributed by atoms with E-state index in [2.05, 4.69) is 15.3 Å². The van der Waals surface area contributed by atoms with Crippen LogP contribution in [0.3, 0.4) is 0 Å². The van der Waals surface area contributed by atoms with E-state index in [1.54, 1.807) is 85.5 Å². The summed E-state index contributed by atoms with van der Waals surface area (Å²) in [6.45, 7) is 3.67. The molecule has 17 heteroatoms. The van der Waals surface area contributed by atoms with Gasteiger partial charge < -0.3 is 33.3 Å². The van der Waals surface area contributed by atoms with Gasteiger partial charge in [0.05, 0.1) is 69.0 Å². The van der Waals surface area contributed by atoms with Gasteiger partial charge in [-0.05, 0) is 65.2 Å². The number of rotatable bonds is 15. The Morgan fingerprint density at radius 2 is 1.37 bits per heavy atom. The second-order valence-electron chi connectivity index (χ2n) is 16.4. The standard InChI is InChI=1S/C50H49N7O9S/c1-31(2)45(59)53-48-52-44-41(46(54-48)66-49(60)57(35-16-10-6-11-17-35)36-18-12-7-13-19-36)51-30-55(44)47-42-43(58)39(28-56(42)67-61)40(65-47)29-64-50(32-14-8-5-9-15-32,33-20-24-37(62-3)25-21-33)34-22-26-38(63-4)27-23-34/h5-27,30-31,39-40,42-43,47,58,61H,28-29H2,1-4H3,(H,52,53,54,59)/t39?,40-,42-,43-,47-/m1/s1. The number of benzene rings is 5. The van der Waals surface area contributed by atoms with Crippen LogP contribution in [0, 0.1) is 11.8 Å². The van der Waals surface area contributed by atoms with Gasteiger partial charge in [-0.15, -0.1) is 0 Å². The molecule has 2 fully saturated rings. The lowest BCUT2D eigenvalue weighted by atomic mass is 9.79. The molecule has 7 aromatic rings. The first-order chi connectivity index (χ1) is 32.6. The number of nitrogens with zero attached hydrogens (tertiary/aromatic N) is 6. The van der Waals surface area contributed by atoms with Crippen molar-refractivity contribution in [3.05, 3.63) is 163 Å². The number of amides is 2. The zero-order valence-corrected chi connectivity index (χ0v) is 37.9. The lowest BCUT2D eigenvalue weighted by molar-refractivity contribution is -0.185. The van der Waals surface area contributed by atoms with Gasteiger partial charge in [0.15, 0.2) is 17.4 Å². The Morgan fingerprint density at radius 1 is 0.821 bits per heavy atom. The summed E-state index contributed by atoms with van der Waals surface area (Å²) in [5.74, 6) is -0.365. The first kappa shape index (κ1) is 45.3. The van der Waals surface area contributed by atoms with E-state index in [1.165, 1.54) is 11.2 Å². The molecule has 0 aliphatic carbocycles. The number of aliphatic hydroxyl groups excluding tert-OH is 1. The van der Waals surface area contributed by atoms with Gasteiger partial charge in [-0.2, -0.15) is 9.97 Å². The fraction of sp³-hybridized carbons (Fsp3) is 0.260. The lowest BCUT2D eigenvalue weighted by Crippen LogP contribution is -2.51. The molecule has 2 aromatic heterocycles. The average molecular weight is 924 g/mol. The minimum absolute atomic E-state index is 0.0309. The van der Waals surface area contributed by atoms with Crippen molar-refractivity contribution < 1.29 is 42.9 Å². The SMILES string of the molecule is COc1ccc(C(OC[C@H]2O[C@@H](n3cnc4c(OC(=O)N(c5ccccc5)c5ccccc5)nc(NC(=O)C(C)C)nc43)[C@H]3[C@H](O)C2CN3SO)(c2ccccc2)c2ccc(OC)cc2)cc1. The molecule has 67 heavy (non-hydrogen) atoms. The number of fused-ring (bicyclic) bond motifs is 3. The molecule has 2 aliphatic heterocycles. The molecular weight excluding hydrogens is 875 g/mol. The zero-order chi connectivity index (χ0) is 46.7. The largest absolute Gasteiger partial charge is 0.497 e. The van der Waals surface area contributed by atoms with Crippen LogP contribution >= 0.6 is 12.2 Å². The van der Waals surface area contributed by atoms with Crippen LogP contribution in [0.25, 0.3) is 11.2 Å². The van der Waals surface area contributed by atoms with E-state index in [4.69, 9.17) is 28.7 Å². The molecule has 0 spiro atoms. The number of carbonyl (C=O) groups is 2. The van der Waals surface area contributed by atoms with Crippen molar-refractivity contribution >= 4 is 52.7 Å². The molecule has 4 heterocycles. The normalized spacial score (nSPS) is 19.3. The first-order valence-corrected chi connectivity index (χ1v) is 22.4. The molecule has 2 aliphatic rings. The van der Waals surface area contributed by atoms with Gasteiger partial charge in [-0.1, -0.05) is 105 Å². The molecular formula is C50H49N7O9S. The highest BCUT2D eigenvalue weighted by atomic mass is 32.2. The lowest BCUT2D eigenvalue weighted by Gasteiger charge is -2.42. The molecule has 2 saturated heterocycles. The van der Waals surface area contributed by atoms with E-state index in [-0.39, 0.29) is 42.1 Å². The van der Waals surface area contributed by atoms with E-state index < -0.39 is 48.0 Å². The van der Waals surface area contributed by atoms with Crippen LogP contribution in [-0.4, -0.2) is 91.1 Å². The Bertz CT molecular complexity index is 2720. The van der Waals surface area contributed by atoms with Gasteiger partial charge in [0.25, 0.3) is 5.88 Å². The third kappa shape index (κ3) is 8.80. The smallest absolute Gasteiger partial charge is 0.425 e. The predicted octanol–water partition coefficient (Wildman–Crippen LogP) is 8.46. The number of nitrogens with one attached hydrogen (secondary N) is 1. The monoisotopic (exact) mass is 923 g/mol. The maximum Gasteiger partial charge on any atom is 0.425 e. The van der Waals surface area contributed by atoms with E-state index in [1.807, 2.05) is 91.0 Å². The number of aliphatic hydroxyl groups is 1. The number of anilines is 3. The number of aromatic nitrogens is 4. The minimum Gasteiger partial charge on any atom is -0.497 e. The number of methoxy groups -OCH3 is 2. The van der Waals surface area contributed by atoms with Crippen molar-refractivity contribution in [2.75, 3.05) is 37.6 Å². The van der Waals surface area contributed by atoms with Crippen molar-refractivity contribution in [2.45, 2.75) is 43.9 Å². The quantitative estimate of drug-likeness (QED) is 0.0506. The van der Waals surface area contributed by atoms with E-state index >= 15 is 0 Å². The number of hydrogen-bond acceptors (Lipinski definition) is 14. The molecule has 344 valence electrons. The maximum absolute atomic E-state index is 14.3. The Kier molecular flexibility index (Phi) is 13.2. The van der Waals surface area contributed by atoms with Crippen molar-refractivity contribution in [2.24, 2.45) is 11.8 Å². The highest BCUT2D eigenvalue weighted by Gasteiger charge is 2.56. The summed E-state index contributed by atoms with van der Waals surface area (Å²) in [6.07, 6.45) is -2.19. The molecule has 2 amide bonds. The summed E-state index contributed by atoms with van der Waals surface area (Å²) in [5, 5.41) is 14.9. The van der Waals surface area contributed by atoms with Gasteiger partial charge in [-0.25, -0.2) is 19.0 Å². The molecule has 5 aromatic carbocycles. The van der Waals surface area contributed by atoms with Crippen LogP contribution in [0.5, 0.6) is 17.4 Å². The van der Waals surface area contributed by atoms with Crippen LogP contribution in [0.15, 0.2) is 146 Å². The van der Waals surface area contributed by atoms with Crippen molar-refractivity contribution in [1.82, 2.24) is 23.8 Å². The summed E-state index contributed by atoms with van der Waals surface area (Å²) < 4.78 is 45.4. The van der Waals surface area contributed by atoms with E-state index in [0.717, 1.165) is 16.7 Å². The Morgan fingerprint density at radius 3 is 1.91 bits per heavy atom. The van der Waals surface area contributed by atoms with Gasteiger partial charge in [0, 0.05) is 18.4 Å². The Hall–Kier alpha value is -6.86. The number of hydrogen-bond donors (Lipinski definition) is 3. The van der Waals surface area contributed by atoms with Gasteiger partial charge in [0.1, 0.15) is 17.1 Å². The summed E-state index contributed by atoms with van der Waals surface area (Å²) in [4.78, 5) is 42.7. The summed E-state index contributed by atoms with van der Waals surface area (Å²) in [7, 11) is 3.22. The van der Waals surface area contributed by atoms with Crippen LogP contribution < -0.4 is 24.4 Å². The number of imidazole rings is 1. The van der Waals surface area contributed by atoms with Crippen LogP contribution in [0.2, 0.25) is 0 Å². The third-order valence-electron chi connectivity index (χ3n) is 12.2. The highest BCUT2D eigenvalue weighted by Crippen LogP contribution is 2.47. The summed E-state index contributed by atoms with van der Waals surface area (Å²) in [5.41, 5.74) is 2.53. The van der Waals surface area contributed by atoms with Crippen LogP contribution in [-0.2, 0) is 19.9 Å². The van der Waals surface area contributed by atoms with Crippen molar-refractivity contribution in [3.63, 3.8) is 0 Å². The number of para-hydroxylation sites is 2. The molecule has 5 atom stereocenters. The fourth-order valence-electron chi connectivity index (χ4n) is 8.73. The number of ether oxygens (including phenoxy) is 5. The molecule has 0 radical (unpaired) electrons. The van der Waals surface area contributed by atoms with Crippen molar-refractivity contribution in [3.8, 4) is 17.4 Å². The van der Waals surface area contributed by atoms with E-state index in [9.17, 15) is 19.2 Å². The highest BCUT2D eigenvalue weighted by molar-refractivity contribution is 7.91. The molecule has 1 unspecified atom stereocenters. The predicted molar refractivity (Wildman–Crippen MR) is 252 cm³/mol. The zero-order valence-electron chi connectivity index (χ0n) is 37.1. The summed E-state index contributed by atoms with van der Waals surface area (Å²) >= 11 is 0.498. The molecule has 0 saturated carbocycles. The Balaban J connectivity index is 1.12. The third-order valence-corrected chi connectivity index (χ3v) is 12.8. The molecule has 16 nitrogen and oxygen atoms in total. The summed E-state index contributed by atoms with van der Waals surface area (Å²) in [6, 6.07) is 42.4. The fourth-order valence-corrected chi connectivity index (χ4v) is 9.31. The van der Waals surface area contributed by atoms with Gasteiger partial charge in [0.2, 0.25) is 11.9 Å². The average Bonchev–Trinajstić information content (AvgIpc) is 3.89. The topological polar surface area (TPSA) is 183 Å². The van der Waals surface area contributed by atoms with E-state index in [0.29, 0.717) is 35.1 Å². The van der Waals surface area contributed by atoms with Crippen molar-refractivity contribution in [1.29, 1.82) is 0 Å². The maximum atomic E-state index is 14.3. The molecule has 3 N–H and O–H groups in total. The van der Waals surface area contributed by atoms with Crippen LogP contribution in [0.1, 0.15) is 36.8 Å². The second kappa shape index (κ2) is 19.5. The molecule has 2 bridgehead atoms. The Labute approximate surface area is 391 Å². The second-order valence-corrected chi connectivity index (χ2v) is 17.0. The minimum atomic E-state index is -1.20. The molecule has 9 rings (SSSR count). The van der Waals surface area contributed by atoms with Crippen LogP contribution in [0.4, 0.5) is 22.1 Å². The first-order valence-electron chi connectivity index (χ1n) is 21.7. The van der Waals surface area contributed by atoms with Gasteiger partial charge >= 0.3 is 6.09 Å².